The van der Waals surface area contributed by atoms with E-state index in [1.165, 1.54) is 28.9 Å². The van der Waals surface area contributed by atoms with Gasteiger partial charge in [-0.05, 0) is 54.5 Å². The molecule has 2 atom stereocenters. The molecular weight excluding hydrogens is 406 g/mol. The molecule has 168 valence electrons. The number of rotatable bonds is 10. The van der Waals surface area contributed by atoms with Crippen LogP contribution >= 0.6 is 11.8 Å². The van der Waals surface area contributed by atoms with Gasteiger partial charge in [-0.3, -0.25) is 10.1 Å². The largest absolute Gasteiger partial charge is 0.496 e. The number of benzene rings is 2. The van der Waals surface area contributed by atoms with Crippen LogP contribution in [0.2, 0.25) is 0 Å². The Morgan fingerprint density at radius 3 is 2.65 bits per heavy atom. The summed E-state index contributed by atoms with van der Waals surface area (Å²) in [4.78, 5) is 12.2. The van der Waals surface area contributed by atoms with Gasteiger partial charge >= 0.3 is 5.97 Å². The van der Waals surface area contributed by atoms with Crippen molar-refractivity contribution in [2.45, 2.75) is 75.3 Å². The Morgan fingerprint density at radius 1 is 1.23 bits per heavy atom. The van der Waals surface area contributed by atoms with Gasteiger partial charge in [0.1, 0.15) is 5.75 Å². The average Bonchev–Trinajstić information content (AvgIpc) is 2.95. The summed E-state index contributed by atoms with van der Waals surface area (Å²) >= 11 is 1.93. The van der Waals surface area contributed by atoms with Crippen LogP contribution in [0.15, 0.2) is 47.4 Å². The smallest absolute Gasteiger partial charge is 0.303 e. The van der Waals surface area contributed by atoms with Crippen molar-refractivity contribution in [3.05, 3.63) is 59.2 Å². The van der Waals surface area contributed by atoms with E-state index in [1.807, 2.05) is 11.8 Å². The summed E-state index contributed by atoms with van der Waals surface area (Å²) in [6, 6.07) is 15.2. The highest BCUT2D eigenvalue weighted by Crippen LogP contribution is 2.43. The predicted octanol–water partition coefficient (Wildman–Crippen LogP) is 6.23. The van der Waals surface area contributed by atoms with Crippen LogP contribution in [-0.2, 0) is 11.2 Å². The Balaban J connectivity index is 2.03. The molecule has 3 rings (SSSR count). The van der Waals surface area contributed by atoms with E-state index in [2.05, 4.69) is 61.6 Å². The first-order valence-electron chi connectivity index (χ1n) is 11.4. The van der Waals surface area contributed by atoms with Crippen LogP contribution in [0.5, 0.6) is 5.75 Å². The van der Waals surface area contributed by atoms with Gasteiger partial charge in [-0.2, -0.15) is 0 Å². The highest BCUT2D eigenvalue weighted by molar-refractivity contribution is 7.99. The highest BCUT2D eigenvalue weighted by atomic mass is 32.2. The molecule has 0 bridgehead atoms. The normalized spacial score (nSPS) is 20.7. The first kappa shape index (κ1) is 23.7. The van der Waals surface area contributed by atoms with E-state index in [1.54, 1.807) is 7.11 Å². The molecule has 0 unspecified atom stereocenters. The molecule has 2 N–H and O–H groups in total. The van der Waals surface area contributed by atoms with Gasteiger partial charge in [-0.25, -0.2) is 0 Å². The maximum Gasteiger partial charge on any atom is 0.303 e. The molecule has 0 saturated carbocycles. The molecule has 2 aromatic carbocycles. The molecule has 2 aromatic rings. The van der Waals surface area contributed by atoms with Gasteiger partial charge in [0, 0.05) is 22.6 Å². The topological polar surface area (TPSA) is 58.6 Å². The fourth-order valence-electron chi connectivity index (χ4n) is 4.37. The number of ether oxygens (including phenoxy) is 1. The number of fused-ring (bicyclic) bond motifs is 1. The summed E-state index contributed by atoms with van der Waals surface area (Å²) in [5.74, 6) is 1.13. The van der Waals surface area contributed by atoms with E-state index in [9.17, 15) is 4.79 Å². The molecule has 0 aromatic heterocycles. The summed E-state index contributed by atoms with van der Waals surface area (Å²) in [7, 11) is 1.70. The third-order valence-corrected chi connectivity index (χ3v) is 7.70. The SMILES string of the molecule is CCCC[C@]1(CC)CSc2cc(CCCC(=O)O)c(OC)cc2[C@@H](c2ccccc2)N1. The van der Waals surface area contributed by atoms with E-state index < -0.39 is 5.97 Å². The van der Waals surface area contributed by atoms with E-state index in [0.29, 0.717) is 12.8 Å². The van der Waals surface area contributed by atoms with Crippen molar-refractivity contribution in [3.63, 3.8) is 0 Å². The predicted molar refractivity (Wildman–Crippen MR) is 128 cm³/mol. The van der Waals surface area contributed by atoms with Crippen molar-refractivity contribution < 1.29 is 14.6 Å². The number of methoxy groups -OCH3 is 1. The lowest BCUT2D eigenvalue weighted by atomic mass is 9.87. The Morgan fingerprint density at radius 2 is 2.00 bits per heavy atom. The first-order chi connectivity index (χ1) is 15.0. The lowest BCUT2D eigenvalue weighted by Crippen LogP contribution is -2.48. The van der Waals surface area contributed by atoms with Gasteiger partial charge in [0.15, 0.2) is 0 Å². The van der Waals surface area contributed by atoms with Gasteiger partial charge in [-0.15, -0.1) is 11.8 Å². The van der Waals surface area contributed by atoms with Gasteiger partial charge in [0.05, 0.1) is 13.2 Å². The highest BCUT2D eigenvalue weighted by Gasteiger charge is 2.36. The Bertz CT molecular complexity index is 870. The quantitative estimate of drug-likeness (QED) is 0.458. The van der Waals surface area contributed by atoms with Crippen LogP contribution in [0.3, 0.4) is 0 Å². The number of unbranched alkanes of at least 4 members (excludes halogenated alkanes) is 1. The number of hydrogen-bond acceptors (Lipinski definition) is 4. The van der Waals surface area contributed by atoms with Crippen molar-refractivity contribution in [2.75, 3.05) is 12.9 Å². The minimum Gasteiger partial charge on any atom is -0.496 e. The minimum atomic E-state index is -0.750. The van der Waals surface area contributed by atoms with Gasteiger partial charge in [-0.1, -0.05) is 57.0 Å². The van der Waals surface area contributed by atoms with E-state index >= 15 is 0 Å². The number of aliphatic carboxylic acids is 1. The van der Waals surface area contributed by atoms with Crippen LogP contribution in [0.25, 0.3) is 0 Å². The Kier molecular flexibility index (Phi) is 8.44. The third kappa shape index (κ3) is 5.83. The number of thioether (sulfide) groups is 1. The molecule has 0 amide bonds. The standard InChI is InChI=1S/C26H35NO3S/c1-4-6-15-26(5-2)18-31-23-16-20(13-10-14-24(28)29)22(30-3)17-21(23)25(27-26)19-11-8-7-9-12-19/h7-9,11-12,16-17,25,27H,4-6,10,13-15,18H2,1-3H3,(H,28,29)/t25-,26-/m1/s1. The van der Waals surface area contributed by atoms with Crippen molar-refractivity contribution >= 4 is 17.7 Å². The number of aryl methyl sites for hydroxylation is 1. The molecule has 0 saturated heterocycles. The molecule has 0 spiro atoms. The fourth-order valence-corrected chi connectivity index (χ4v) is 5.81. The van der Waals surface area contributed by atoms with Crippen LogP contribution in [-0.4, -0.2) is 29.5 Å². The van der Waals surface area contributed by atoms with Crippen LogP contribution < -0.4 is 10.1 Å². The summed E-state index contributed by atoms with van der Waals surface area (Å²) < 4.78 is 5.75. The first-order valence-corrected chi connectivity index (χ1v) is 12.4. The summed E-state index contributed by atoms with van der Waals surface area (Å²) in [5.41, 5.74) is 3.69. The second-order valence-electron chi connectivity index (χ2n) is 8.46. The number of nitrogens with one attached hydrogen (secondary N) is 1. The number of carbonyl (C=O) groups is 1. The second-order valence-corrected chi connectivity index (χ2v) is 9.48. The molecule has 0 aliphatic carbocycles. The van der Waals surface area contributed by atoms with Crippen molar-refractivity contribution in [3.8, 4) is 5.75 Å². The molecule has 5 heteroatoms. The molecule has 0 fully saturated rings. The van der Waals surface area contributed by atoms with Gasteiger partial charge in [0.25, 0.3) is 0 Å². The second kappa shape index (κ2) is 11.1. The van der Waals surface area contributed by atoms with Crippen molar-refractivity contribution in [2.24, 2.45) is 0 Å². The van der Waals surface area contributed by atoms with Crippen molar-refractivity contribution in [1.29, 1.82) is 0 Å². The molecular formula is C26H35NO3S. The summed E-state index contributed by atoms with van der Waals surface area (Å²) in [6.45, 7) is 4.55. The third-order valence-electron chi connectivity index (χ3n) is 6.33. The maximum atomic E-state index is 11.0. The molecule has 1 heterocycles. The average molecular weight is 442 g/mol. The summed E-state index contributed by atoms with van der Waals surface area (Å²) in [5, 5.41) is 13.1. The lowest BCUT2D eigenvalue weighted by Gasteiger charge is -2.36. The molecule has 4 nitrogen and oxygen atoms in total. The molecule has 31 heavy (non-hydrogen) atoms. The van der Waals surface area contributed by atoms with Gasteiger partial charge in [0.2, 0.25) is 0 Å². The summed E-state index contributed by atoms with van der Waals surface area (Å²) in [6.07, 6.45) is 6.15. The van der Waals surface area contributed by atoms with Gasteiger partial charge < -0.3 is 9.84 Å². The van der Waals surface area contributed by atoms with Crippen LogP contribution in [0.1, 0.15) is 75.1 Å². The van der Waals surface area contributed by atoms with E-state index in [4.69, 9.17) is 9.84 Å². The van der Waals surface area contributed by atoms with E-state index in [0.717, 1.165) is 29.9 Å². The number of carboxylic acids is 1. The van der Waals surface area contributed by atoms with Crippen LogP contribution in [0, 0.1) is 0 Å². The zero-order chi connectivity index (χ0) is 22.3. The zero-order valence-electron chi connectivity index (χ0n) is 18.9. The zero-order valence-corrected chi connectivity index (χ0v) is 19.8. The molecule has 1 aliphatic rings. The minimum absolute atomic E-state index is 0.0803. The van der Waals surface area contributed by atoms with E-state index in [-0.39, 0.29) is 18.0 Å². The molecule has 1 aliphatic heterocycles. The van der Waals surface area contributed by atoms with Crippen LogP contribution in [0.4, 0.5) is 0 Å². The lowest BCUT2D eigenvalue weighted by molar-refractivity contribution is -0.137. The molecule has 0 radical (unpaired) electrons. The number of hydrogen-bond donors (Lipinski definition) is 2. The fraction of sp³-hybridized carbons (Fsp3) is 0.500. The van der Waals surface area contributed by atoms with Crippen molar-refractivity contribution in [1.82, 2.24) is 5.32 Å². The Labute approximate surface area is 190 Å². The monoisotopic (exact) mass is 441 g/mol. The number of carboxylic acid groups (broad SMARTS) is 1. The maximum absolute atomic E-state index is 11.0. The Hall–Kier alpha value is -1.98.